The summed E-state index contributed by atoms with van der Waals surface area (Å²) in [6.45, 7) is 6.15. The maximum atomic E-state index is 12.1. The van der Waals surface area contributed by atoms with E-state index in [0.717, 1.165) is 23.3 Å². The van der Waals surface area contributed by atoms with Gasteiger partial charge in [0.2, 0.25) is 0 Å². The van der Waals surface area contributed by atoms with E-state index in [2.05, 4.69) is 26.9 Å². The van der Waals surface area contributed by atoms with E-state index in [1.165, 1.54) is 0 Å². The summed E-state index contributed by atoms with van der Waals surface area (Å²) in [5.74, 6) is 1.54. The minimum Gasteiger partial charge on any atom is -0.469 e. The fourth-order valence-corrected chi connectivity index (χ4v) is 2.36. The van der Waals surface area contributed by atoms with Crippen LogP contribution >= 0.6 is 24.0 Å². The highest BCUT2D eigenvalue weighted by atomic mass is 127. The maximum Gasteiger partial charge on any atom is 0.411 e. The number of halogens is 4. The molecule has 0 atom stereocenters. The van der Waals surface area contributed by atoms with Gasteiger partial charge in [-0.25, -0.2) is 4.99 Å². The molecule has 1 heterocycles. The number of hydrogen-bond acceptors (Lipinski definition) is 3. The number of guanidine groups is 1. The molecule has 0 amide bonds. The van der Waals surface area contributed by atoms with Crippen LogP contribution in [0.15, 0.2) is 64.2 Å². The predicted molar refractivity (Wildman–Crippen MR) is 122 cm³/mol. The van der Waals surface area contributed by atoms with Gasteiger partial charge >= 0.3 is 6.18 Å². The number of aliphatic imine (C=N–C) groups is 1. The third kappa shape index (κ3) is 11.2. The molecule has 0 fully saturated rings. The van der Waals surface area contributed by atoms with E-state index in [0.29, 0.717) is 31.2 Å². The first-order valence-electron chi connectivity index (χ1n) is 9.23. The second-order valence-corrected chi connectivity index (χ2v) is 6.66. The van der Waals surface area contributed by atoms with Crippen molar-refractivity contribution in [1.82, 2.24) is 10.6 Å². The Morgan fingerprint density at radius 2 is 1.83 bits per heavy atom. The summed E-state index contributed by atoms with van der Waals surface area (Å²) >= 11 is 0. The Labute approximate surface area is 191 Å². The number of nitrogens with one attached hydrogen (secondary N) is 2. The quantitative estimate of drug-likeness (QED) is 0.197. The molecule has 0 aliphatic carbocycles. The molecule has 0 spiro atoms. The second-order valence-electron chi connectivity index (χ2n) is 6.66. The molecule has 0 saturated heterocycles. The highest BCUT2D eigenvalue weighted by Gasteiger charge is 2.27. The molecule has 2 aromatic rings. The van der Waals surface area contributed by atoms with Gasteiger partial charge in [-0.15, -0.1) is 24.0 Å². The molecule has 0 radical (unpaired) electrons. The van der Waals surface area contributed by atoms with E-state index in [4.69, 9.17) is 4.42 Å². The number of alkyl halides is 3. The first-order valence-corrected chi connectivity index (χ1v) is 9.23. The Kier molecular flexibility index (Phi) is 11.6. The average Bonchev–Trinajstić information content (AvgIpc) is 3.17. The molecule has 166 valence electrons. The summed E-state index contributed by atoms with van der Waals surface area (Å²) in [7, 11) is 0. The van der Waals surface area contributed by atoms with E-state index in [9.17, 15) is 13.2 Å². The van der Waals surface area contributed by atoms with Gasteiger partial charge in [0.15, 0.2) is 5.96 Å². The monoisotopic (exact) mass is 537 g/mol. The van der Waals surface area contributed by atoms with Crippen LogP contribution in [0.1, 0.15) is 23.8 Å². The van der Waals surface area contributed by atoms with Crippen LogP contribution < -0.4 is 10.6 Å². The maximum absolute atomic E-state index is 12.1. The van der Waals surface area contributed by atoms with Gasteiger partial charge in [-0.3, -0.25) is 0 Å². The summed E-state index contributed by atoms with van der Waals surface area (Å²) in [5, 5.41) is 6.45. The van der Waals surface area contributed by atoms with Crippen LogP contribution in [0.2, 0.25) is 0 Å². The van der Waals surface area contributed by atoms with E-state index < -0.39 is 12.8 Å². The van der Waals surface area contributed by atoms with Gasteiger partial charge in [0, 0.05) is 19.5 Å². The van der Waals surface area contributed by atoms with E-state index in [1.54, 1.807) is 18.4 Å². The minimum atomic E-state index is -4.31. The Hall–Kier alpha value is -2.01. The lowest BCUT2D eigenvalue weighted by Crippen LogP contribution is -2.39. The van der Waals surface area contributed by atoms with Gasteiger partial charge in [0.25, 0.3) is 0 Å². The standard InChI is InChI=1S/C21H26F3N3O2.HI/c1-16(2)12-26-20(25-10-9-19-4-3-11-29-19)27-13-17-5-7-18(8-6-17)14-28-15-21(22,23)24;/h3-8,11H,1,9-10,12-15H2,2H3,(H2,25,26,27);1H. The number of furan rings is 1. The zero-order valence-corrected chi connectivity index (χ0v) is 19.1. The normalized spacial score (nSPS) is 11.7. The Balaban J connectivity index is 0.00000450. The van der Waals surface area contributed by atoms with Crippen LogP contribution in [-0.2, 0) is 24.3 Å². The number of benzene rings is 1. The van der Waals surface area contributed by atoms with E-state index >= 15 is 0 Å². The lowest BCUT2D eigenvalue weighted by Gasteiger charge is -2.12. The predicted octanol–water partition coefficient (Wildman–Crippen LogP) is 4.83. The smallest absolute Gasteiger partial charge is 0.411 e. The molecule has 2 N–H and O–H groups in total. The first kappa shape index (κ1) is 26.0. The Bertz CT molecular complexity index is 776. The SMILES string of the molecule is C=C(C)CNC(=NCc1ccc(COCC(F)(F)F)cc1)NCCc1ccco1.I. The van der Waals surface area contributed by atoms with Crippen molar-refractivity contribution >= 4 is 29.9 Å². The van der Waals surface area contributed by atoms with Crippen molar-refractivity contribution in [3.8, 4) is 0 Å². The van der Waals surface area contributed by atoms with Crippen molar-refractivity contribution in [2.75, 3.05) is 19.7 Å². The largest absolute Gasteiger partial charge is 0.469 e. The third-order valence-electron chi connectivity index (χ3n) is 3.78. The zero-order chi connectivity index (χ0) is 21.1. The molecule has 9 heteroatoms. The van der Waals surface area contributed by atoms with Crippen molar-refractivity contribution in [2.45, 2.75) is 32.7 Å². The Morgan fingerprint density at radius 1 is 1.13 bits per heavy atom. The molecule has 2 rings (SSSR count). The lowest BCUT2D eigenvalue weighted by molar-refractivity contribution is -0.176. The third-order valence-corrected chi connectivity index (χ3v) is 3.78. The zero-order valence-electron chi connectivity index (χ0n) is 16.8. The minimum absolute atomic E-state index is 0. The number of nitrogens with zero attached hydrogens (tertiary/aromatic N) is 1. The van der Waals surface area contributed by atoms with Gasteiger partial charge in [0.1, 0.15) is 12.4 Å². The second kappa shape index (κ2) is 13.3. The fourth-order valence-electron chi connectivity index (χ4n) is 2.36. The molecule has 0 unspecified atom stereocenters. The van der Waals surface area contributed by atoms with Crippen LogP contribution in [0, 0.1) is 0 Å². The van der Waals surface area contributed by atoms with Gasteiger partial charge in [0.05, 0.1) is 19.4 Å². The van der Waals surface area contributed by atoms with Crippen LogP contribution in [0.4, 0.5) is 13.2 Å². The number of rotatable bonds is 10. The van der Waals surface area contributed by atoms with Crippen molar-refractivity contribution < 1.29 is 22.3 Å². The number of ether oxygens (including phenoxy) is 1. The van der Waals surface area contributed by atoms with Crippen LogP contribution in [-0.4, -0.2) is 31.8 Å². The average molecular weight is 537 g/mol. The molecule has 1 aromatic heterocycles. The molecule has 30 heavy (non-hydrogen) atoms. The molecule has 0 saturated carbocycles. The van der Waals surface area contributed by atoms with Gasteiger partial charge < -0.3 is 19.8 Å². The fraction of sp³-hybridized carbons (Fsp3) is 0.381. The molecular formula is C21H27F3IN3O2. The number of hydrogen-bond donors (Lipinski definition) is 2. The topological polar surface area (TPSA) is 58.8 Å². The molecule has 1 aromatic carbocycles. The van der Waals surface area contributed by atoms with Crippen molar-refractivity contribution in [3.63, 3.8) is 0 Å². The molecule has 0 aliphatic heterocycles. The van der Waals surface area contributed by atoms with E-state index in [-0.39, 0.29) is 30.6 Å². The summed E-state index contributed by atoms with van der Waals surface area (Å²) in [6, 6.07) is 10.9. The van der Waals surface area contributed by atoms with Crippen molar-refractivity contribution in [3.05, 3.63) is 71.7 Å². The highest BCUT2D eigenvalue weighted by Crippen LogP contribution is 2.16. The molecular weight excluding hydrogens is 510 g/mol. The van der Waals surface area contributed by atoms with Crippen molar-refractivity contribution in [1.29, 1.82) is 0 Å². The molecule has 5 nitrogen and oxygen atoms in total. The molecule has 0 bridgehead atoms. The van der Waals surface area contributed by atoms with Crippen molar-refractivity contribution in [2.24, 2.45) is 4.99 Å². The summed E-state index contributed by atoms with van der Waals surface area (Å²) in [6.07, 6.45) is -1.94. The first-order chi connectivity index (χ1) is 13.8. The highest BCUT2D eigenvalue weighted by molar-refractivity contribution is 14.0. The van der Waals surface area contributed by atoms with Crippen LogP contribution in [0.5, 0.6) is 0 Å². The molecule has 0 aliphatic rings. The van der Waals surface area contributed by atoms with Gasteiger partial charge in [-0.05, 0) is 30.2 Å². The van der Waals surface area contributed by atoms with Gasteiger partial charge in [-0.1, -0.05) is 36.4 Å². The summed E-state index contributed by atoms with van der Waals surface area (Å²) < 4.78 is 46.3. The Morgan fingerprint density at radius 3 is 2.43 bits per heavy atom. The lowest BCUT2D eigenvalue weighted by atomic mass is 10.1. The van der Waals surface area contributed by atoms with E-state index in [1.807, 2.05) is 31.2 Å². The summed E-state index contributed by atoms with van der Waals surface area (Å²) in [4.78, 5) is 4.55. The van der Waals surface area contributed by atoms with Crippen LogP contribution in [0.3, 0.4) is 0 Å². The van der Waals surface area contributed by atoms with Gasteiger partial charge in [-0.2, -0.15) is 13.2 Å². The summed E-state index contributed by atoms with van der Waals surface area (Å²) in [5.41, 5.74) is 2.60. The van der Waals surface area contributed by atoms with Crippen LogP contribution in [0.25, 0.3) is 0 Å².